The zero-order valence-corrected chi connectivity index (χ0v) is 9.59. The van der Waals surface area contributed by atoms with Gasteiger partial charge in [-0.05, 0) is 25.1 Å². The van der Waals surface area contributed by atoms with Crippen LogP contribution in [0.3, 0.4) is 0 Å². The normalized spacial score (nSPS) is 9.47. The quantitative estimate of drug-likeness (QED) is 0.815. The van der Waals surface area contributed by atoms with Crippen LogP contribution in [0.5, 0.6) is 0 Å². The fourth-order valence-electron chi connectivity index (χ4n) is 1.36. The molecule has 0 bridgehead atoms. The van der Waals surface area contributed by atoms with Gasteiger partial charge in [0.25, 0.3) is 0 Å². The number of hydrogen-bond acceptors (Lipinski definition) is 3. The van der Waals surface area contributed by atoms with Crippen molar-refractivity contribution in [3.63, 3.8) is 0 Å². The van der Waals surface area contributed by atoms with E-state index in [9.17, 15) is 9.18 Å². The predicted molar refractivity (Wildman–Crippen MR) is 62.9 cm³/mol. The smallest absolute Gasteiger partial charge is 0.221 e. The summed E-state index contributed by atoms with van der Waals surface area (Å²) in [4.78, 5) is 11.1. The highest BCUT2D eigenvalue weighted by molar-refractivity contribution is 5.76. The molecule has 1 aromatic rings. The molecule has 0 saturated heterocycles. The van der Waals surface area contributed by atoms with Crippen LogP contribution in [0.4, 0.5) is 10.1 Å². The molecule has 2 N–H and O–H groups in total. The van der Waals surface area contributed by atoms with E-state index in [1.54, 1.807) is 6.07 Å². The molecule has 1 amide bonds. The van der Waals surface area contributed by atoms with Gasteiger partial charge in [-0.1, -0.05) is 0 Å². The molecule has 0 aliphatic carbocycles. The SMILES string of the molecule is CCNC(=O)CCNc1cc(F)cc(C#N)c1. The average Bonchev–Trinajstić information content (AvgIpc) is 2.28. The molecule has 1 aromatic carbocycles. The van der Waals surface area contributed by atoms with Crippen LogP contribution >= 0.6 is 0 Å². The van der Waals surface area contributed by atoms with Crippen molar-refractivity contribution >= 4 is 11.6 Å². The van der Waals surface area contributed by atoms with Crippen molar-refractivity contribution < 1.29 is 9.18 Å². The Morgan fingerprint density at radius 3 is 2.88 bits per heavy atom. The predicted octanol–water partition coefficient (Wildman–Crippen LogP) is 1.64. The molecule has 5 heteroatoms. The number of benzene rings is 1. The first-order chi connectivity index (χ1) is 8.15. The summed E-state index contributed by atoms with van der Waals surface area (Å²) in [6.07, 6.45) is 0.312. The number of anilines is 1. The summed E-state index contributed by atoms with van der Waals surface area (Å²) in [5.74, 6) is -0.526. The number of nitrogens with zero attached hydrogens (tertiary/aromatic N) is 1. The summed E-state index contributed by atoms with van der Waals surface area (Å²) in [6, 6.07) is 5.86. The molecule has 0 aliphatic heterocycles. The van der Waals surface area contributed by atoms with Crippen LogP contribution in [-0.2, 0) is 4.79 Å². The maximum absolute atomic E-state index is 13.1. The fourth-order valence-corrected chi connectivity index (χ4v) is 1.36. The van der Waals surface area contributed by atoms with Gasteiger partial charge in [-0.15, -0.1) is 0 Å². The van der Waals surface area contributed by atoms with Gasteiger partial charge in [-0.2, -0.15) is 5.26 Å². The van der Waals surface area contributed by atoms with Gasteiger partial charge < -0.3 is 10.6 Å². The minimum Gasteiger partial charge on any atom is -0.384 e. The van der Waals surface area contributed by atoms with E-state index < -0.39 is 5.82 Å². The number of nitriles is 1. The number of amides is 1. The monoisotopic (exact) mass is 235 g/mol. The second-order valence-electron chi connectivity index (χ2n) is 3.47. The Balaban J connectivity index is 2.50. The summed E-state index contributed by atoms with van der Waals surface area (Å²) in [5.41, 5.74) is 0.761. The third-order valence-corrected chi connectivity index (χ3v) is 2.08. The van der Waals surface area contributed by atoms with Gasteiger partial charge in [0.15, 0.2) is 0 Å². The lowest BCUT2D eigenvalue weighted by molar-refractivity contribution is -0.120. The first-order valence-electron chi connectivity index (χ1n) is 5.37. The van der Waals surface area contributed by atoms with Crippen molar-refractivity contribution in [2.45, 2.75) is 13.3 Å². The van der Waals surface area contributed by atoms with Crippen LogP contribution in [0.2, 0.25) is 0 Å². The number of hydrogen-bond donors (Lipinski definition) is 2. The summed E-state index contributed by atoms with van der Waals surface area (Å²) < 4.78 is 13.1. The van der Waals surface area contributed by atoms with Crippen molar-refractivity contribution in [2.75, 3.05) is 18.4 Å². The van der Waals surface area contributed by atoms with Gasteiger partial charge in [-0.3, -0.25) is 4.79 Å². The second-order valence-corrected chi connectivity index (χ2v) is 3.47. The molecule has 0 fully saturated rings. The highest BCUT2D eigenvalue weighted by atomic mass is 19.1. The standard InChI is InChI=1S/C12H14FN3O/c1-2-15-12(17)3-4-16-11-6-9(8-14)5-10(13)7-11/h5-7,16H,2-4H2,1H3,(H,15,17). The minimum atomic E-state index is -0.468. The maximum atomic E-state index is 13.1. The largest absolute Gasteiger partial charge is 0.384 e. The Morgan fingerprint density at radius 1 is 1.47 bits per heavy atom. The van der Waals surface area contributed by atoms with Crippen molar-refractivity contribution in [3.8, 4) is 6.07 Å². The molecule has 0 spiro atoms. The third-order valence-electron chi connectivity index (χ3n) is 2.08. The van der Waals surface area contributed by atoms with Crippen molar-refractivity contribution in [3.05, 3.63) is 29.6 Å². The number of nitrogens with one attached hydrogen (secondary N) is 2. The summed E-state index contributed by atoms with van der Waals surface area (Å²) >= 11 is 0. The first kappa shape index (κ1) is 13.0. The van der Waals surface area contributed by atoms with E-state index in [2.05, 4.69) is 10.6 Å². The maximum Gasteiger partial charge on any atom is 0.221 e. The van der Waals surface area contributed by atoms with Crippen LogP contribution < -0.4 is 10.6 Å². The molecule has 0 unspecified atom stereocenters. The van der Waals surface area contributed by atoms with Crippen molar-refractivity contribution in [2.24, 2.45) is 0 Å². The van der Waals surface area contributed by atoms with E-state index in [0.717, 1.165) is 6.07 Å². The fraction of sp³-hybridized carbons (Fsp3) is 0.333. The second kappa shape index (κ2) is 6.48. The first-order valence-corrected chi connectivity index (χ1v) is 5.37. The number of halogens is 1. The van der Waals surface area contributed by atoms with Gasteiger partial charge in [-0.25, -0.2) is 4.39 Å². The zero-order chi connectivity index (χ0) is 12.7. The summed E-state index contributed by atoms with van der Waals surface area (Å²) in [5, 5.41) is 14.2. The topological polar surface area (TPSA) is 64.9 Å². The summed E-state index contributed by atoms with van der Waals surface area (Å²) in [6.45, 7) is 2.84. The van der Waals surface area contributed by atoms with E-state index in [1.807, 2.05) is 13.0 Å². The minimum absolute atomic E-state index is 0.0584. The van der Waals surface area contributed by atoms with Gasteiger partial charge in [0.05, 0.1) is 11.6 Å². The molecule has 0 aliphatic rings. The molecule has 0 radical (unpaired) electrons. The highest BCUT2D eigenvalue weighted by Crippen LogP contribution is 2.13. The molecule has 4 nitrogen and oxygen atoms in total. The third kappa shape index (κ3) is 4.51. The highest BCUT2D eigenvalue weighted by Gasteiger charge is 2.02. The zero-order valence-electron chi connectivity index (χ0n) is 9.59. The van der Waals surface area contributed by atoms with E-state index in [0.29, 0.717) is 25.2 Å². The van der Waals surface area contributed by atoms with E-state index in [4.69, 9.17) is 5.26 Å². The number of carbonyl (C=O) groups excluding carboxylic acids is 1. The van der Waals surface area contributed by atoms with Crippen LogP contribution in [0.1, 0.15) is 18.9 Å². The van der Waals surface area contributed by atoms with Crippen molar-refractivity contribution in [1.82, 2.24) is 5.32 Å². The van der Waals surface area contributed by atoms with Gasteiger partial charge >= 0.3 is 0 Å². The molecule has 1 rings (SSSR count). The Labute approximate surface area is 99.4 Å². The molecule has 0 saturated carbocycles. The van der Waals surface area contributed by atoms with Gasteiger partial charge in [0, 0.05) is 25.2 Å². The molecular formula is C12H14FN3O. The molecule has 0 aromatic heterocycles. The van der Waals surface area contributed by atoms with Crippen LogP contribution in [0, 0.1) is 17.1 Å². The Kier molecular flexibility index (Phi) is 4.95. The molecule has 90 valence electrons. The Bertz CT molecular complexity index is 440. The van der Waals surface area contributed by atoms with Crippen LogP contribution in [0.15, 0.2) is 18.2 Å². The lowest BCUT2D eigenvalue weighted by Crippen LogP contribution is -2.24. The lowest BCUT2D eigenvalue weighted by atomic mass is 10.2. The Morgan fingerprint density at radius 2 is 2.24 bits per heavy atom. The molecular weight excluding hydrogens is 221 g/mol. The number of rotatable bonds is 5. The van der Waals surface area contributed by atoms with E-state index >= 15 is 0 Å². The lowest BCUT2D eigenvalue weighted by Gasteiger charge is -2.06. The van der Waals surface area contributed by atoms with E-state index in [-0.39, 0.29) is 11.5 Å². The molecule has 0 heterocycles. The van der Waals surface area contributed by atoms with Crippen molar-refractivity contribution in [1.29, 1.82) is 5.26 Å². The van der Waals surface area contributed by atoms with Gasteiger partial charge in [0.1, 0.15) is 5.82 Å². The van der Waals surface area contributed by atoms with Gasteiger partial charge in [0.2, 0.25) is 5.91 Å². The Hall–Kier alpha value is -2.09. The molecule has 17 heavy (non-hydrogen) atoms. The number of carbonyl (C=O) groups is 1. The summed E-state index contributed by atoms with van der Waals surface area (Å²) in [7, 11) is 0. The van der Waals surface area contributed by atoms with E-state index in [1.165, 1.54) is 6.07 Å². The van der Waals surface area contributed by atoms with Crippen LogP contribution in [-0.4, -0.2) is 19.0 Å². The van der Waals surface area contributed by atoms with Crippen LogP contribution in [0.25, 0.3) is 0 Å². The average molecular weight is 235 g/mol. The molecule has 0 atom stereocenters.